The number of hydrogen-bond acceptors (Lipinski definition) is 4. The summed E-state index contributed by atoms with van der Waals surface area (Å²) >= 11 is 22.6. The van der Waals surface area contributed by atoms with E-state index in [1.807, 2.05) is 0 Å². The van der Waals surface area contributed by atoms with Gasteiger partial charge in [-0.2, -0.15) is 0 Å². The first kappa shape index (κ1) is 26.0. The molecule has 0 heterocycles. The molecule has 0 saturated heterocycles. The zero-order valence-corrected chi connectivity index (χ0v) is 18.3. The number of rotatable bonds is 15. The van der Waals surface area contributed by atoms with Crippen LogP contribution in [-0.2, 0) is 19.1 Å². The first-order chi connectivity index (χ1) is 12.3. The van der Waals surface area contributed by atoms with Crippen molar-refractivity contribution in [3.63, 3.8) is 0 Å². The van der Waals surface area contributed by atoms with E-state index < -0.39 is 9.67 Å². The van der Waals surface area contributed by atoms with Gasteiger partial charge in [-0.3, -0.25) is 9.59 Å². The number of nitrogens with zero attached hydrogens (tertiary/aromatic N) is 2. The van der Waals surface area contributed by atoms with E-state index >= 15 is 0 Å². The Morgan fingerprint density at radius 3 is 1.31 bits per heavy atom. The van der Waals surface area contributed by atoms with Crippen molar-refractivity contribution in [2.45, 2.75) is 35.4 Å². The topological polar surface area (TPSA) is 59.1 Å². The normalized spacial score (nSPS) is 11.2. The van der Waals surface area contributed by atoms with Crippen LogP contribution in [0.2, 0.25) is 0 Å². The zero-order chi connectivity index (χ0) is 19.9. The van der Waals surface area contributed by atoms with Crippen LogP contribution >= 0.6 is 46.4 Å². The Morgan fingerprint density at radius 1 is 0.692 bits per heavy atom. The number of amides is 2. The molecule has 154 valence electrons. The van der Waals surface area contributed by atoms with Crippen molar-refractivity contribution in [1.82, 2.24) is 9.80 Å². The van der Waals surface area contributed by atoms with Gasteiger partial charge in [-0.25, -0.2) is 0 Å². The Bertz CT molecular complexity index is 364. The third-order valence-electron chi connectivity index (χ3n) is 3.73. The van der Waals surface area contributed by atoms with E-state index in [1.165, 1.54) is 0 Å². The highest BCUT2D eigenvalue weighted by Crippen LogP contribution is 2.11. The average molecular weight is 454 g/mol. The summed E-state index contributed by atoms with van der Waals surface area (Å²) in [6.45, 7) is 2.90. The summed E-state index contributed by atoms with van der Waals surface area (Å²) < 4.78 is 10.00. The van der Waals surface area contributed by atoms with Gasteiger partial charge in [0.1, 0.15) is 0 Å². The molecule has 0 atom stereocenters. The van der Waals surface area contributed by atoms with Gasteiger partial charge in [0.15, 0.2) is 9.67 Å². The number of halogens is 4. The Labute approximate surface area is 175 Å². The number of alkyl halides is 4. The zero-order valence-electron chi connectivity index (χ0n) is 15.3. The Hall–Kier alpha value is 0.0200. The molecule has 10 heteroatoms. The van der Waals surface area contributed by atoms with Crippen molar-refractivity contribution in [1.29, 1.82) is 0 Å². The molecular weight excluding hydrogens is 426 g/mol. The van der Waals surface area contributed by atoms with Crippen molar-refractivity contribution in [2.24, 2.45) is 0 Å². The first-order valence-corrected chi connectivity index (χ1v) is 10.2. The molecule has 0 spiro atoms. The number of carbonyl (C=O) groups excluding carboxylic acids is 2. The van der Waals surface area contributed by atoms with E-state index in [0.717, 1.165) is 25.7 Å². The minimum Gasteiger partial charge on any atom is -0.383 e. The molecule has 0 unspecified atom stereocenters. The van der Waals surface area contributed by atoms with E-state index in [2.05, 4.69) is 0 Å². The lowest BCUT2D eigenvalue weighted by Crippen LogP contribution is -2.38. The van der Waals surface area contributed by atoms with Crippen LogP contribution in [0, 0.1) is 0 Å². The number of unbranched alkanes of at least 4 members (excludes halogenated alkanes) is 3. The molecule has 0 N–H and O–H groups in total. The largest absolute Gasteiger partial charge is 0.383 e. The molecule has 6 nitrogen and oxygen atoms in total. The van der Waals surface area contributed by atoms with Gasteiger partial charge in [-0.15, -0.1) is 0 Å². The maximum absolute atomic E-state index is 11.9. The monoisotopic (exact) mass is 452 g/mol. The second kappa shape index (κ2) is 16.0. The van der Waals surface area contributed by atoms with Crippen LogP contribution in [0.3, 0.4) is 0 Å². The second-order valence-electron chi connectivity index (χ2n) is 5.65. The predicted molar refractivity (Wildman–Crippen MR) is 106 cm³/mol. The van der Waals surface area contributed by atoms with Crippen LogP contribution < -0.4 is 0 Å². The number of methoxy groups -OCH3 is 2. The highest BCUT2D eigenvalue weighted by atomic mass is 35.5. The summed E-state index contributed by atoms with van der Waals surface area (Å²) in [6, 6.07) is 0. The van der Waals surface area contributed by atoms with Gasteiger partial charge in [0.05, 0.1) is 13.2 Å². The SMILES string of the molecule is COCCN(CCCCCCN(CCOC)C(=O)C(Cl)Cl)C(=O)C(Cl)Cl. The van der Waals surface area contributed by atoms with Gasteiger partial charge in [0, 0.05) is 40.4 Å². The highest BCUT2D eigenvalue weighted by Gasteiger charge is 2.20. The average Bonchev–Trinajstić information content (AvgIpc) is 2.61. The first-order valence-electron chi connectivity index (χ1n) is 8.46. The van der Waals surface area contributed by atoms with Crippen LogP contribution in [0.4, 0.5) is 0 Å². The van der Waals surface area contributed by atoms with Crippen LogP contribution in [-0.4, -0.2) is 84.9 Å². The Balaban J connectivity index is 4.16. The van der Waals surface area contributed by atoms with Crippen LogP contribution in [0.25, 0.3) is 0 Å². The molecular formula is C16H28Cl4N2O4. The van der Waals surface area contributed by atoms with Gasteiger partial charge in [0.2, 0.25) is 0 Å². The third-order valence-corrected chi connectivity index (χ3v) is 4.48. The Morgan fingerprint density at radius 2 is 1.04 bits per heavy atom. The summed E-state index contributed by atoms with van der Waals surface area (Å²) in [5.74, 6) is -0.617. The molecule has 0 aliphatic carbocycles. The summed E-state index contributed by atoms with van der Waals surface area (Å²) in [5.41, 5.74) is 0. The standard InChI is InChI=1S/C16H28Cl4N2O4/c1-25-11-9-21(15(23)13(17)18)7-5-3-4-6-8-22(10-12-26-2)16(24)14(19)20/h13-14H,3-12H2,1-2H3. The molecule has 0 saturated carbocycles. The van der Waals surface area contributed by atoms with Gasteiger partial charge < -0.3 is 19.3 Å². The number of hydrogen-bond donors (Lipinski definition) is 0. The molecule has 26 heavy (non-hydrogen) atoms. The maximum atomic E-state index is 11.9. The summed E-state index contributed by atoms with van der Waals surface area (Å²) in [7, 11) is 3.15. The lowest BCUT2D eigenvalue weighted by Gasteiger charge is -2.24. The third kappa shape index (κ3) is 11.7. The van der Waals surface area contributed by atoms with Gasteiger partial charge >= 0.3 is 0 Å². The van der Waals surface area contributed by atoms with Gasteiger partial charge in [-0.1, -0.05) is 59.2 Å². The highest BCUT2D eigenvalue weighted by molar-refractivity contribution is 6.53. The Kier molecular flexibility index (Phi) is 16.0. The summed E-state index contributed by atoms with van der Waals surface area (Å²) in [6.07, 6.45) is 3.44. The molecule has 0 fully saturated rings. The van der Waals surface area contributed by atoms with Crippen molar-refractivity contribution in [3.05, 3.63) is 0 Å². The van der Waals surface area contributed by atoms with Gasteiger partial charge in [-0.05, 0) is 12.8 Å². The van der Waals surface area contributed by atoms with Crippen LogP contribution in [0.1, 0.15) is 25.7 Å². The fourth-order valence-electron chi connectivity index (χ4n) is 2.30. The smallest absolute Gasteiger partial charge is 0.255 e. The molecule has 0 rings (SSSR count). The minimum atomic E-state index is -1.06. The van der Waals surface area contributed by atoms with E-state index in [1.54, 1.807) is 24.0 Å². The second-order valence-corrected chi connectivity index (χ2v) is 7.84. The van der Waals surface area contributed by atoms with E-state index in [4.69, 9.17) is 55.9 Å². The number of carbonyl (C=O) groups is 2. The summed E-state index contributed by atoms with van der Waals surface area (Å²) in [4.78, 5) is 24.9. The molecule has 2 amide bonds. The van der Waals surface area contributed by atoms with Crippen molar-refractivity contribution in [2.75, 3.05) is 53.6 Å². The molecule has 0 bridgehead atoms. The molecule has 0 radical (unpaired) electrons. The number of ether oxygens (including phenoxy) is 2. The molecule has 0 aromatic rings. The van der Waals surface area contributed by atoms with E-state index in [9.17, 15) is 9.59 Å². The quantitative estimate of drug-likeness (QED) is 0.282. The molecule has 0 aromatic carbocycles. The van der Waals surface area contributed by atoms with Gasteiger partial charge in [0.25, 0.3) is 11.8 Å². The fraction of sp³-hybridized carbons (Fsp3) is 0.875. The van der Waals surface area contributed by atoms with Crippen molar-refractivity contribution in [3.8, 4) is 0 Å². The lowest BCUT2D eigenvalue weighted by molar-refractivity contribution is -0.131. The predicted octanol–water partition coefficient (Wildman–Crippen LogP) is 3.10. The van der Waals surface area contributed by atoms with E-state index in [-0.39, 0.29) is 11.8 Å². The fourth-order valence-corrected chi connectivity index (χ4v) is 2.85. The molecule has 0 aromatic heterocycles. The summed E-state index contributed by atoms with van der Waals surface area (Å²) in [5, 5.41) is 0. The van der Waals surface area contributed by atoms with Crippen LogP contribution in [0.15, 0.2) is 0 Å². The molecule has 0 aliphatic rings. The maximum Gasteiger partial charge on any atom is 0.255 e. The van der Waals surface area contributed by atoms with E-state index in [0.29, 0.717) is 39.4 Å². The van der Waals surface area contributed by atoms with Crippen molar-refractivity contribution >= 4 is 58.2 Å². The minimum absolute atomic E-state index is 0.308. The lowest BCUT2D eigenvalue weighted by atomic mass is 10.1. The van der Waals surface area contributed by atoms with Crippen molar-refractivity contribution < 1.29 is 19.1 Å². The molecule has 0 aliphatic heterocycles. The van der Waals surface area contributed by atoms with Crippen LogP contribution in [0.5, 0.6) is 0 Å².